The van der Waals surface area contributed by atoms with Gasteiger partial charge < -0.3 is 14.7 Å². The summed E-state index contributed by atoms with van der Waals surface area (Å²) < 4.78 is 5.61. The van der Waals surface area contributed by atoms with Gasteiger partial charge in [0.15, 0.2) is 0 Å². The highest BCUT2D eigenvalue weighted by Gasteiger charge is 2.37. The van der Waals surface area contributed by atoms with Gasteiger partial charge in [-0.15, -0.1) is 0 Å². The second kappa shape index (κ2) is 7.88. The number of amides is 1. The van der Waals surface area contributed by atoms with Crippen molar-refractivity contribution in [1.29, 1.82) is 0 Å². The summed E-state index contributed by atoms with van der Waals surface area (Å²) >= 11 is 0. The number of aliphatic hydroxyl groups excluding tert-OH is 1. The molecule has 2 fully saturated rings. The molecule has 0 spiro atoms. The predicted octanol–water partition coefficient (Wildman–Crippen LogP) is 1.79. The maximum absolute atomic E-state index is 12.7. The number of aryl methyl sites for hydroxylation is 1. The Bertz CT molecular complexity index is 508. The van der Waals surface area contributed by atoms with Gasteiger partial charge in [-0.25, -0.2) is 0 Å². The van der Waals surface area contributed by atoms with E-state index in [1.165, 1.54) is 0 Å². The molecule has 1 N–H and O–H groups in total. The molecule has 1 aliphatic heterocycles. The lowest BCUT2D eigenvalue weighted by Gasteiger charge is -2.43. The van der Waals surface area contributed by atoms with Crippen LogP contribution in [0.4, 0.5) is 0 Å². The number of pyridine rings is 1. The summed E-state index contributed by atoms with van der Waals surface area (Å²) in [7, 11) is 0. The zero-order valence-electron chi connectivity index (χ0n) is 13.6. The maximum atomic E-state index is 12.7. The van der Waals surface area contributed by atoms with Gasteiger partial charge in [0.2, 0.25) is 5.91 Å². The van der Waals surface area contributed by atoms with Crippen molar-refractivity contribution in [3.63, 3.8) is 0 Å². The summed E-state index contributed by atoms with van der Waals surface area (Å²) in [5, 5.41) is 10.3. The van der Waals surface area contributed by atoms with Crippen LogP contribution in [0.15, 0.2) is 24.4 Å². The van der Waals surface area contributed by atoms with Crippen LogP contribution in [0.1, 0.15) is 37.8 Å². The zero-order chi connectivity index (χ0) is 16.1. The fraction of sp³-hybridized carbons (Fsp3) is 0.667. The third-order valence-corrected chi connectivity index (χ3v) is 5.08. The van der Waals surface area contributed by atoms with Gasteiger partial charge in [-0.2, -0.15) is 0 Å². The molecule has 0 radical (unpaired) electrons. The highest BCUT2D eigenvalue weighted by atomic mass is 16.5. The first-order chi connectivity index (χ1) is 11.3. The number of morpholine rings is 1. The van der Waals surface area contributed by atoms with Crippen LogP contribution in [0, 0.1) is 5.92 Å². The largest absolute Gasteiger partial charge is 0.393 e. The summed E-state index contributed by atoms with van der Waals surface area (Å²) in [4.78, 5) is 18.9. The molecule has 0 bridgehead atoms. The molecule has 0 aromatic carbocycles. The number of aliphatic hydroxyl groups is 1. The van der Waals surface area contributed by atoms with Crippen molar-refractivity contribution < 1.29 is 14.6 Å². The molecular weight excluding hydrogens is 292 g/mol. The first-order valence-corrected chi connectivity index (χ1v) is 8.71. The molecule has 1 saturated carbocycles. The second-order valence-corrected chi connectivity index (χ2v) is 6.57. The smallest absolute Gasteiger partial charge is 0.223 e. The Kier molecular flexibility index (Phi) is 5.62. The van der Waals surface area contributed by atoms with Crippen molar-refractivity contribution in [3.05, 3.63) is 30.1 Å². The first kappa shape index (κ1) is 16.4. The molecule has 1 aromatic rings. The number of carbonyl (C=O) groups is 1. The summed E-state index contributed by atoms with van der Waals surface area (Å²) in [6, 6.07) is 5.81. The fourth-order valence-electron chi connectivity index (χ4n) is 3.80. The minimum absolute atomic E-state index is 0.0234. The van der Waals surface area contributed by atoms with Gasteiger partial charge in [0.25, 0.3) is 0 Å². The van der Waals surface area contributed by atoms with E-state index in [1.54, 1.807) is 6.20 Å². The fourth-order valence-corrected chi connectivity index (χ4v) is 3.80. The van der Waals surface area contributed by atoms with Crippen LogP contribution in [0.25, 0.3) is 0 Å². The number of rotatable bonds is 4. The Hall–Kier alpha value is -1.46. The lowest BCUT2D eigenvalue weighted by molar-refractivity contribution is -0.145. The normalized spacial score (nSPS) is 28.6. The van der Waals surface area contributed by atoms with E-state index in [9.17, 15) is 9.90 Å². The molecule has 5 nitrogen and oxygen atoms in total. The topological polar surface area (TPSA) is 62.7 Å². The zero-order valence-corrected chi connectivity index (χ0v) is 13.6. The van der Waals surface area contributed by atoms with Gasteiger partial charge >= 0.3 is 0 Å². The first-order valence-electron chi connectivity index (χ1n) is 8.71. The standard InChI is InChI=1S/C18H26N2O3/c21-17-7-2-1-6-15(17)16-13-23-12-11-20(16)18(22)9-8-14-5-3-4-10-19-14/h3-5,10,15-17,21H,1-2,6-9,11-13H2/t15-,16-,17+/m1/s1. The lowest BCUT2D eigenvalue weighted by atomic mass is 9.80. The number of hydrogen-bond acceptors (Lipinski definition) is 4. The summed E-state index contributed by atoms with van der Waals surface area (Å²) in [6.45, 7) is 1.78. The summed E-state index contributed by atoms with van der Waals surface area (Å²) in [5.41, 5.74) is 0.948. The van der Waals surface area contributed by atoms with Crippen molar-refractivity contribution in [2.24, 2.45) is 5.92 Å². The van der Waals surface area contributed by atoms with Gasteiger partial charge in [-0.1, -0.05) is 18.9 Å². The van der Waals surface area contributed by atoms with Crippen LogP contribution in [-0.2, 0) is 16.0 Å². The molecule has 1 aliphatic carbocycles. The molecule has 3 atom stereocenters. The molecule has 1 amide bonds. The highest BCUT2D eigenvalue weighted by molar-refractivity contribution is 5.77. The van der Waals surface area contributed by atoms with E-state index in [4.69, 9.17) is 4.74 Å². The number of hydrogen-bond donors (Lipinski definition) is 1. The van der Waals surface area contributed by atoms with Crippen LogP contribution in [-0.4, -0.2) is 52.8 Å². The highest BCUT2D eigenvalue weighted by Crippen LogP contribution is 2.31. The second-order valence-electron chi connectivity index (χ2n) is 6.57. The van der Waals surface area contributed by atoms with Crippen LogP contribution in [0.5, 0.6) is 0 Å². The minimum atomic E-state index is -0.304. The molecule has 1 aromatic heterocycles. The van der Waals surface area contributed by atoms with Gasteiger partial charge in [0.1, 0.15) is 0 Å². The molecule has 2 aliphatic rings. The van der Waals surface area contributed by atoms with Crippen molar-refractivity contribution >= 4 is 5.91 Å². The molecule has 3 rings (SSSR count). The van der Waals surface area contributed by atoms with Crippen LogP contribution in [0.3, 0.4) is 0 Å². The Morgan fingerprint density at radius 2 is 2.22 bits per heavy atom. The van der Waals surface area contributed by atoms with Gasteiger partial charge in [-0.05, 0) is 31.4 Å². The minimum Gasteiger partial charge on any atom is -0.393 e. The SMILES string of the molecule is O=C(CCc1ccccn1)N1CCOC[C@@H]1[C@H]1CCCC[C@@H]1O. The Morgan fingerprint density at radius 3 is 3.00 bits per heavy atom. The average molecular weight is 318 g/mol. The van der Waals surface area contributed by atoms with E-state index in [1.807, 2.05) is 23.1 Å². The van der Waals surface area contributed by atoms with E-state index in [0.717, 1.165) is 31.4 Å². The van der Waals surface area contributed by atoms with Crippen LogP contribution < -0.4 is 0 Å². The quantitative estimate of drug-likeness (QED) is 0.919. The molecule has 126 valence electrons. The van der Waals surface area contributed by atoms with E-state index in [-0.39, 0.29) is 24.0 Å². The van der Waals surface area contributed by atoms with Crippen molar-refractivity contribution in [2.45, 2.75) is 50.7 Å². The number of ether oxygens (including phenoxy) is 1. The Balaban J connectivity index is 1.62. The van der Waals surface area contributed by atoms with E-state index in [2.05, 4.69) is 4.98 Å². The van der Waals surface area contributed by atoms with E-state index >= 15 is 0 Å². The predicted molar refractivity (Wildman–Crippen MR) is 86.8 cm³/mol. The van der Waals surface area contributed by atoms with E-state index < -0.39 is 0 Å². The molecule has 23 heavy (non-hydrogen) atoms. The molecular formula is C18H26N2O3. The van der Waals surface area contributed by atoms with Crippen LogP contribution in [0.2, 0.25) is 0 Å². The summed E-state index contributed by atoms with van der Waals surface area (Å²) in [6.07, 6.45) is 6.63. The van der Waals surface area contributed by atoms with Crippen molar-refractivity contribution in [2.75, 3.05) is 19.8 Å². The Morgan fingerprint density at radius 1 is 1.35 bits per heavy atom. The van der Waals surface area contributed by atoms with Crippen LogP contribution >= 0.6 is 0 Å². The third kappa shape index (κ3) is 4.09. The number of carbonyl (C=O) groups excluding carboxylic acids is 1. The van der Waals surface area contributed by atoms with Gasteiger partial charge in [0.05, 0.1) is 25.4 Å². The average Bonchev–Trinajstić information content (AvgIpc) is 2.61. The third-order valence-electron chi connectivity index (χ3n) is 5.08. The van der Waals surface area contributed by atoms with Crippen molar-refractivity contribution in [3.8, 4) is 0 Å². The monoisotopic (exact) mass is 318 g/mol. The van der Waals surface area contributed by atoms with E-state index in [0.29, 0.717) is 32.6 Å². The molecule has 2 heterocycles. The number of aromatic nitrogens is 1. The van der Waals surface area contributed by atoms with Gasteiger partial charge in [0, 0.05) is 30.8 Å². The molecule has 1 saturated heterocycles. The Labute approximate surface area is 137 Å². The maximum Gasteiger partial charge on any atom is 0.223 e. The molecule has 0 unspecified atom stereocenters. The van der Waals surface area contributed by atoms with Gasteiger partial charge in [-0.3, -0.25) is 9.78 Å². The molecule has 5 heteroatoms. The number of nitrogens with zero attached hydrogens (tertiary/aromatic N) is 2. The lowest BCUT2D eigenvalue weighted by Crippen LogP contribution is -2.55. The van der Waals surface area contributed by atoms with Crippen molar-refractivity contribution in [1.82, 2.24) is 9.88 Å². The summed E-state index contributed by atoms with van der Waals surface area (Å²) in [5.74, 6) is 0.310.